The summed E-state index contributed by atoms with van der Waals surface area (Å²) in [4.78, 5) is 21.4. The normalized spacial score (nSPS) is 10.5. The van der Waals surface area contributed by atoms with Crippen LogP contribution in [0.1, 0.15) is 32.9 Å². The Morgan fingerprint density at radius 1 is 0.885 bits per heavy atom. The van der Waals surface area contributed by atoms with Gasteiger partial charge in [0, 0.05) is 17.1 Å². The van der Waals surface area contributed by atoms with Gasteiger partial charge in [0.05, 0.1) is 0 Å². The summed E-state index contributed by atoms with van der Waals surface area (Å²) in [5, 5.41) is 6.13. The lowest BCUT2D eigenvalue weighted by atomic mass is 10.1. The molecule has 0 saturated carbocycles. The van der Waals surface area contributed by atoms with Crippen molar-refractivity contribution in [1.29, 1.82) is 0 Å². The van der Waals surface area contributed by atoms with E-state index in [2.05, 4.69) is 20.6 Å². The Kier molecular flexibility index (Phi) is 4.98. The fraction of sp³-hybridized carbons (Fsp3) is 0.190. The molecule has 0 saturated heterocycles. The Morgan fingerprint density at radius 2 is 1.58 bits per heavy atom. The zero-order chi connectivity index (χ0) is 18.7. The monoisotopic (exact) mass is 346 g/mol. The van der Waals surface area contributed by atoms with Crippen molar-refractivity contribution >= 4 is 23.2 Å². The Morgan fingerprint density at radius 3 is 2.27 bits per heavy atom. The Bertz CT molecular complexity index is 946. The number of aryl methyl sites for hydroxylation is 4. The lowest BCUT2D eigenvalue weighted by molar-refractivity contribution is 0.102. The van der Waals surface area contributed by atoms with Gasteiger partial charge in [0.1, 0.15) is 5.69 Å². The molecule has 5 nitrogen and oxygen atoms in total. The molecule has 2 N–H and O–H groups in total. The third-order valence-electron chi connectivity index (χ3n) is 4.08. The maximum Gasteiger partial charge on any atom is 0.274 e. The molecule has 0 unspecified atom stereocenters. The minimum atomic E-state index is -0.259. The van der Waals surface area contributed by atoms with Gasteiger partial charge in [-0.05, 0) is 62.6 Å². The van der Waals surface area contributed by atoms with Crippen molar-refractivity contribution in [2.24, 2.45) is 0 Å². The SMILES string of the molecule is Cc1cccc(NC(=O)c2cc(C)nc(Nc3c(C)cccc3C)n2)c1. The van der Waals surface area contributed by atoms with Crippen LogP contribution in [0.2, 0.25) is 0 Å². The first-order valence-electron chi connectivity index (χ1n) is 8.49. The molecule has 1 aromatic heterocycles. The number of nitrogens with one attached hydrogen (secondary N) is 2. The number of rotatable bonds is 4. The van der Waals surface area contributed by atoms with E-state index in [1.165, 1.54) is 0 Å². The van der Waals surface area contributed by atoms with Crippen LogP contribution in [0.3, 0.4) is 0 Å². The van der Waals surface area contributed by atoms with Gasteiger partial charge in [0.25, 0.3) is 5.91 Å². The van der Waals surface area contributed by atoms with Gasteiger partial charge in [-0.25, -0.2) is 9.97 Å². The van der Waals surface area contributed by atoms with Crippen LogP contribution in [0, 0.1) is 27.7 Å². The highest BCUT2D eigenvalue weighted by Gasteiger charge is 2.12. The largest absolute Gasteiger partial charge is 0.324 e. The van der Waals surface area contributed by atoms with E-state index in [0.717, 1.165) is 33.8 Å². The molecule has 0 fully saturated rings. The van der Waals surface area contributed by atoms with Crippen LogP contribution in [-0.4, -0.2) is 15.9 Å². The summed E-state index contributed by atoms with van der Waals surface area (Å²) in [6, 6.07) is 15.4. The number of carbonyl (C=O) groups is 1. The number of amides is 1. The number of benzene rings is 2. The molecule has 1 heterocycles. The maximum atomic E-state index is 12.6. The predicted molar refractivity (Wildman–Crippen MR) is 105 cm³/mol. The fourth-order valence-corrected chi connectivity index (χ4v) is 2.78. The highest BCUT2D eigenvalue weighted by Crippen LogP contribution is 2.23. The van der Waals surface area contributed by atoms with E-state index in [0.29, 0.717) is 11.6 Å². The van der Waals surface area contributed by atoms with Gasteiger partial charge in [0.2, 0.25) is 5.95 Å². The molecule has 0 aliphatic carbocycles. The van der Waals surface area contributed by atoms with E-state index in [4.69, 9.17) is 0 Å². The average molecular weight is 346 g/mol. The maximum absolute atomic E-state index is 12.6. The molecule has 0 spiro atoms. The van der Waals surface area contributed by atoms with E-state index in [9.17, 15) is 4.79 Å². The van der Waals surface area contributed by atoms with Gasteiger partial charge >= 0.3 is 0 Å². The van der Waals surface area contributed by atoms with Crippen molar-refractivity contribution in [3.05, 3.63) is 76.6 Å². The van der Waals surface area contributed by atoms with Crippen LogP contribution in [0.15, 0.2) is 48.5 Å². The molecule has 0 bridgehead atoms. The number of hydrogen-bond donors (Lipinski definition) is 2. The highest BCUT2D eigenvalue weighted by molar-refractivity contribution is 6.03. The van der Waals surface area contributed by atoms with Crippen LogP contribution in [0.25, 0.3) is 0 Å². The Balaban J connectivity index is 1.86. The van der Waals surface area contributed by atoms with Gasteiger partial charge < -0.3 is 10.6 Å². The average Bonchev–Trinajstić information content (AvgIpc) is 2.58. The van der Waals surface area contributed by atoms with Crippen molar-refractivity contribution < 1.29 is 4.79 Å². The molecule has 1 amide bonds. The van der Waals surface area contributed by atoms with Crippen LogP contribution in [0.4, 0.5) is 17.3 Å². The molecule has 5 heteroatoms. The highest BCUT2D eigenvalue weighted by atomic mass is 16.1. The van der Waals surface area contributed by atoms with E-state index in [-0.39, 0.29) is 5.91 Å². The van der Waals surface area contributed by atoms with Gasteiger partial charge in [-0.15, -0.1) is 0 Å². The molecule has 0 aliphatic rings. The summed E-state index contributed by atoms with van der Waals surface area (Å²) in [7, 11) is 0. The molecule has 3 rings (SSSR count). The summed E-state index contributed by atoms with van der Waals surface area (Å²) in [6.45, 7) is 7.88. The molecule has 132 valence electrons. The van der Waals surface area contributed by atoms with Crippen molar-refractivity contribution in [3.8, 4) is 0 Å². The van der Waals surface area contributed by atoms with Gasteiger partial charge in [-0.2, -0.15) is 0 Å². The summed E-state index contributed by atoms with van der Waals surface area (Å²) in [5.41, 5.74) is 6.04. The molecule has 26 heavy (non-hydrogen) atoms. The predicted octanol–water partition coefficient (Wildman–Crippen LogP) is 4.71. The third-order valence-corrected chi connectivity index (χ3v) is 4.08. The Labute approximate surface area is 153 Å². The fourth-order valence-electron chi connectivity index (χ4n) is 2.78. The first kappa shape index (κ1) is 17.6. The topological polar surface area (TPSA) is 66.9 Å². The van der Waals surface area contributed by atoms with E-state index >= 15 is 0 Å². The van der Waals surface area contributed by atoms with Gasteiger partial charge in [0.15, 0.2) is 0 Å². The quantitative estimate of drug-likeness (QED) is 0.718. The minimum Gasteiger partial charge on any atom is -0.324 e. The zero-order valence-electron chi connectivity index (χ0n) is 15.4. The lowest BCUT2D eigenvalue weighted by Crippen LogP contribution is -2.15. The van der Waals surface area contributed by atoms with Gasteiger partial charge in [-0.3, -0.25) is 4.79 Å². The zero-order valence-corrected chi connectivity index (χ0v) is 15.4. The molecular formula is C21H22N4O. The van der Waals surface area contributed by atoms with Crippen molar-refractivity contribution in [3.63, 3.8) is 0 Å². The van der Waals surface area contributed by atoms with E-state index < -0.39 is 0 Å². The van der Waals surface area contributed by atoms with Crippen LogP contribution in [-0.2, 0) is 0 Å². The Hall–Kier alpha value is -3.21. The smallest absolute Gasteiger partial charge is 0.274 e. The third kappa shape index (κ3) is 4.06. The molecule has 0 atom stereocenters. The van der Waals surface area contributed by atoms with Crippen LogP contribution in [0.5, 0.6) is 0 Å². The number of para-hydroxylation sites is 1. The van der Waals surface area contributed by atoms with Gasteiger partial charge in [-0.1, -0.05) is 30.3 Å². The van der Waals surface area contributed by atoms with Crippen molar-refractivity contribution in [2.75, 3.05) is 10.6 Å². The second kappa shape index (κ2) is 7.35. The molecule has 2 aromatic carbocycles. The summed E-state index contributed by atoms with van der Waals surface area (Å²) in [5.74, 6) is 0.155. The second-order valence-electron chi connectivity index (χ2n) is 6.43. The number of anilines is 3. The lowest BCUT2D eigenvalue weighted by Gasteiger charge is -2.13. The van der Waals surface area contributed by atoms with Crippen LogP contribution < -0.4 is 10.6 Å². The molecular weight excluding hydrogens is 324 g/mol. The molecule has 0 radical (unpaired) electrons. The summed E-state index contributed by atoms with van der Waals surface area (Å²) >= 11 is 0. The number of aromatic nitrogens is 2. The van der Waals surface area contributed by atoms with E-state index in [1.807, 2.05) is 70.2 Å². The van der Waals surface area contributed by atoms with Crippen molar-refractivity contribution in [2.45, 2.75) is 27.7 Å². The van der Waals surface area contributed by atoms with Crippen LogP contribution >= 0.6 is 0 Å². The standard InChI is InChI=1S/C21H22N4O/c1-13-7-5-10-17(11-13)23-20(26)18-12-16(4)22-21(24-18)25-19-14(2)8-6-9-15(19)3/h5-12H,1-4H3,(H,23,26)(H,22,24,25). The first-order chi connectivity index (χ1) is 12.4. The molecule has 0 aliphatic heterocycles. The van der Waals surface area contributed by atoms with Crippen molar-refractivity contribution in [1.82, 2.24) is 9.97 Å². The number of carbonyl (C=O) groups excluding carboxylic acids is 1. The first-order valence-corrected chi connectivity index (χ1v) is 8.49. The van der Waals surface area contributed by atoms with E-state index in [1.54, 1.807) is 6.07 Å². The molecule has 3 aromatic rings. The summed E-state index contributed by atoms with van der Waals surface area (Å²) < 4.78 is 0. The minimum absolute atomic E-state index is 0.259. The number of hydrogen-bond acceptors (Lipinski definition) is 4. The summed E-state index contributed by atoms with van der Waals surface area (Å²) in [6.07, 6.45) is 0. The second-order valence-corrected chi connectivity index (χ2v) is 6.43. The number of nitrogens with zero attached hydrogens (tertiary/aromatic N) is 2.